The van der Waals surface area contributed by atoms with Gasteiger partial charge in [-0.2, -0.15) is 10.2 Å². The molecule has 0 aliphatic heterocycles. The fourth-order valence-electron chi connectivity index (χ4n) is 2.14. The predicted molar refractivity (Wildman–Crippen MR) is 85.7 cm³/mol. The second kappa shape index (κ2) is 8.04. The summed E-state index contributed by atoms with van der Waals surface area (Å²) in [6.07, 6.45) is 3.11. The average molecular weight is 350 g/mol. The Morgan fingerprint density at radius 3 is 2.84 bits per heavy atom. The number of aromatic nitrogens is 4. The molecular formula is C14H18N6O5. The van der Waals surface area contributed by atoms with Crippen LogP contribution in [0, 0.1) is 17.0 Å². The Hall–Kier alpha value is -3.24. The number of carbonyl (C=O) groups is 2. The van der Waals surface area contributed by atoms with E-state index >= 15 is 0 Å². The Morgan fingerprint density at radius 2 is 2.20 bits per heavy atom. The Morgan fingerprint density at radius 1 is 1.44 bits per heavy atom. The van der Waals surface area contributed by atoms with Gasteiger partial charge in [0.1, 0.15) is 18.9 Å². The maximum Gasteiger partial charge on any atom is 0.307 e. The molecule has 0 atom stereocenters. The molecular weight excluding hydrogens is 332 g/mol. The molecule has 11 heteroatoms. The molecule has 2 aromatic rings. The van der Waals surface area contributed by atoms with Crippen LogP contribution in [-0.2, 0) is 27.4 Å². The molecule has 0 saturated heterocycles. The highest BCUT2D eigenvalue weighted by molar-refractivity contribution is 5.89. The zero-order valence-corrected chi connectivity index (χ0v) is 13.8. The number of nitrogens with zero attached hydrogens (tertiary/aromatic N) is 5. The second-order valence-corrected chi connectivity index (χ2v) is 5.28. The van der Waals surface area contributed by atoms with E-state index < -0.39 is 10.8 Å². The number of nitro groups is 1. The summed E-state index contributed by atoms with van der Waals surface area (Å²) in [6.45, 7) is 2.18. The van der Waals surface area contributed by atoms with Crippen LogP contribution in [0.2, 0.25) is 0 Å². The van der Waals surface area contributed by atoms with E-state index in [1.54, 1.807) is 10.7 Å². The molecule has 0 aromatic carbocycles. The summed E-state index contributed by atoms with van der Waals surface area (Å²) in [5, 5.41) is 21.2. The van der Waals surface area contributed by atoms with Gasteiger partial charge in [-0.15, -0.1) is 0 Å². The van der Waals surface area contributed by atoms with Crippen molar-refractivity contribution in [3.63, 3.8) is 0 Å². The van der Waals surface area contributed by atoms with Gasteiger partial charge in [0.15, 0.2) is 5.82 Å². The van der Waals surface area contributed by atoms with Crippen LogP contribution < -0.4 is 5.32 Å². The fourth-order valence-corrected chi connectivity index (χ4v) is 2.14. The maximum atomic E-state index is 12.0. The number of hydrogen-bond donors (Lipinski definition) is 1. The highest BCUT2D eigenvalue weighted by Gasteiger charge is 2.13. The van der Waals surface area contributed by atoms with Crippen molar-refractivity contribution in [2.24, 2.45) is 0 Å². The van der Waals surface area contributed by atoms with Crippen molar-refractivity contribution in [3.05, 3.63) is 34.3 Å². The molecule has 11 nitrogen and oxygen atoms in total. The van der Waals surface area contributed by atoms with Gasteiger partial charge in [0.25, 0.3) is 0 Å². The lowest BCUT2D eigenvalue weighted by Gasteiger charge is -2.04. The number of aryl methyl sites for hydroxylation is 2. The van der Waals surface area contributed by atoms with E-state index in [0.717, 1.165) is 11.9 Å². The number of carbonyl (C=O) groups excluding carboxylic acids is 2. The van der Waals surface area contributed by atoms with Crippen molar-refractivity contribution in [2.75, 3.05) is 12.4 Å². The summed E-state index contributed by atoms with van der Waals surface area (Å²) < 4.78 is 7.43. The quantitative estimate of drug-likeness (QED) is 0.424. The summed E-state index contributed by atoms with van der Waals surface area (Å²) in [7, 11) is 1.34. The van der Waals surface area contributed by atoms with Crippen LogP contribution in [0.25, 0.3) is 0 Å². The first-order valence-electron chi connectivity index (χ1n) is 7.47. The van der Waals surface area contributed by atoms with E-state index in [1.165, 1.54) is 18.0 Å². The topological polar surface area (TPSA) is 134 Å². The van der Waals surface area contributed by atoms with Crippen LogP contribution in [-0.4, -0.2) is 43.5 Å². The molecule has 25 heavy (non-hydrogen) atoms. The molecule has 2 aromatic heterocycles. The molecule has 2 heterocycles. The van der Waals surface area contributed by atoms with Crippen molar-refractivity contribution < 1.29 is 19.2 Å². The van der Waals surface area contributed by atoms with Crippen molar-refractivity contribution in [2.45, 2.75) is 32.9 Å². The minimum atomic E-state index is -0.583. The highest BCUT2D eigenvalue weighted by atomic mass is 16.6. The number of nitrogens with one attached hydrogen (secondary N) is 1. The minimum absolute atomic E-state index is 0.165. The second-order valence-electron chi connectivity index (χ2n) is 5.28. The monoisotopic (exact) mass is 350 g/mol. The van der Waals surface area contributed by atoms with Gasteiger partial charge in [0.05, 0.1) is 12.0 Å². The number of rotatable bonds is 8. The fraction of sp³-hybridized carbons (Fsp3) is 0.429. The molecule has 1 amide bonds. The number of esters is 1. The molecule has 0 bridgehead atoms. The predicted octanol–water partition coefficient (Wildman–Crippen LogP) is 0.888. The summed E-state index contributed by atoms with van der Waals surface area (Å²) in [5.41, 5.74) is 0.647. The van der Waals surface area contributed by atoms with Crippen LogP contribution in [0.1, 0.15) is 18.5 Å². The van der Waals surface area contributed by atoms with Crippen molar-refractivity contribution >= 4 is 23.4 Å². The van der Waals surface area contributed by atoms with E-state index in [4.69, 9.17) is 0 Å². The average Bonchev–Trinajstić information content (AvgIpc) is 3.14. The lowest BCUT2D eigenvalue weighted by molar-refractivity contribution is -0.385. The van der Waals surface area contributed by atoms with E-state index in [1.807, 2.05) is 6.92 Å². The van der Waals surface area contributed by atoms with Crippen LogP contribution in [0.3, 0.4) is 0 Å². The Kier molecular flexibility index (Phi) is 5.82. The Labute approximate surface area is 142 Å². The SMILES string of the molecule is COC(=O)CCCn1nc(NC(=O)Cn2cc([N+](=O)[O-])cn2)cc1C. The number of ether oxygens (including phenoxy) is 1. The third-order valence-corrected chi connectivity index (χ3v) is 3.36. The van der Waals surface area contributed by atoms with E-state index in [2.05, 4.69) is 20.3 Å². The summed E-state index contributed by atoms with van der Waals surface area (Å²) in [5.74, 6) is -0.328. The molecule has 134 valence electrons. The first kappa shape index (κ1) is 18.1. The van der Waals surface area contributed by atoms with E-state index in [-0.39, 0.29) is 24.6 Å². The molecule has 0 spiro atoms. The van der Waals surface area contributed by atoms with Gasteiger partial charge >= 0.3 is 11.7 Å². The number of methoxy groups -OCH3 is 1. The standard InChI is InChI=1S/C14H18N6O5/c1-10-6-12(17-19(10)5-3-4-14(22)25-2)16-13(21)9-18-8-11(7-15-18)20(23)24/h6-8H,3-5,9H2,1-2H3,(H,16,17,21). The number of hydrogen-bond acceptors (Lipinski definition) is 7. The molecule has 0 radical (unpaired) electrons. The summed E-state index contributed by atoms with van der Waals surface area (Å²) >= 11 is 0. The normalized spacial score (nSPS) is 10.5. The number of amides is 1. The molecule has 1 N–H and O–H groups in total. The number of anilines is 1. The molecule has 0 aliphatic carbocycles. The first-order valence-corrected chi connectivity index (χ1v) is 7.47. The molecule has 0 fully saturated rings. The van der Waals surface area contributed by atoms with Crippen LogP contribution in [0.4, 0.5) is 11.5 Å². The molecule has 0 aliphatic rings. The largest absolute Gasteiger partial charge is 0.469 e. The zero-order chi connectivity index (χ0) is 18.4. The lowest BCUT2D eigenvalue weighted by atomic mass is 10.3. The third-order valence-electron chi connectivity index (χ3n) is 3.36. The smallest absolute Gasteiger partial charge is 0.307 e. The van der Waals surface area contributed by atoms with Gasteiger partial charge in [0, 0.05) is 24.7 Å². The zero-order valence-electron chi connectivity index (χ0n) is 13.8. The van der Waals surface area contributed by atoms with Crippen molar-refractivity contribution in [1.29, 1.82) is 0 Å². The lowest BCUT2D eigenvalue weighted by Crippen LogP contribution is -2.19. The van der Waals surface area contributed by atoms with Gasteiger partial charge in [-0.05, 0) is 13.3 Å². The highest BCUT2D eigenvalue weighted by Crippen LogP contribution is 2.11. The summed E-state index contributed by atoms with van der Waals surface area (Å²) in [6, 6.07) is 1.70. The van der Waals surface area contributed by atoms with Crippen LogP contribution in [0.15, 0.2) is 18.5 Å². The Bertz CT molecular complexity index is 781. The van der Waals surface area contributed by atoms with Crippen LogP contribution >= 0.6 is 0 Å². The third kappa shape index (κ3) is 5.12. The van der Waals surface area contributed by atoms with Gasteiger partial charge in [0.2, 0.25) is 5.91 Å². The van der Waals surface area contributed by atoms with Gasteiger partial charge in [-0.1, -0.05) is 0 Å². The van der Waals surface area contributed by atoms with Gasteiger partial charge < -0.3 is 10.1 Å². The van der Waals surface area contributed by atoms with E-state index in [9.17, 15) is 19.7 Å². The summed E-state index contributed by atoms with van der Waals surface area (Å²) in [4.78, 5) is 33.1. The van der Waals surface area contributed by atoms with Crippen molar-refractivity contribution in [1.82, 2.24) is 19.6 Å². The molecule has 0 unspecified atom stereocenters. The van der Waals surface area contributed by atoms with Crippen LogP contribution in [0.5, 0.6) is 0 Å². The maximum absolute atomic E-state index is 12.0. The molecule has 2 rings (SSSR count). The van der Waals surface area contributed by atoms with Gasteiger partial charge in [-0.25, -0.2) is 0 Å². The Balaban J connectivity index is 1.89. The van der Waals surface area contributed by atoms with Gasteiger partial charge in [-0.3, -0.25) is 29.1 Å². The minimum Gasteiger partial charge on any atom is -0.469 e. The first-order chi connectivity index (χ1) is 11.9. The van der Waals surface area contributed by atoms with E-state index in [0.29, 0.717) is 18.8 Å². The van der Waals surface area contributed by atoms with Crippen molar-refractivity contribution in [3.8, 4) is 0 Å². The molecule has 0 saturated carbocycles.